The highest BCUT2D eigenvalue weighted by atomic mass is 35.5. The summed E-state index contributed by atoms with van der Waals surface area (Å²) in [4.78, 5) is 17.6. The predicted molar refractivity (Wildman–Crippen MR) is 119 cm³/mol. The minimum absolute atomic E-state index is 0.000808. The molecule has 1 unspecified atom stereocenters. The molecule has 0 N–H and O–H groups in total. The number of piperidine rings is 1. The Morgan fingerprint density at radius 3 is 2.52 bits per heavy atom. The SMILES string of the molecule is Cn1c(=NC(=O)C2CCCN(S(=O)(=O)c3ccc(F)cc3)C2)sc2c(Cl)ccc(Cl)c21. The van der Waals surface area contributed by atoms with Gasteiger partial charge in [-0.3, -0.25) is 4.79 Å². The Morgan fingerprint density at radius 2 is 1.84 bits per heavy atom. The molecule has 0 bridgehead atoms. The van der Waals surface area contributed by atoms with Crippen LogP contribution >= 0.6 is 34.5 Å². The Kier molecular flexibility index (Phi) is 6.24. The van der Waals surface area contributed by atoms with Gasteiger partial charge in [0.15, 0.2) is 4.80 Å². The number of aromatic nitrogens is 1. The molecule has 1 saturated heterocycles. The first kappa shape index (κ1) is 22.4. The van der Waals surface area contributed by atoms with E-state index in [4.69, 9.17) is 23.2 Å². The molecule has 3 aromatic rings. The Bertz CT molecular complexity index is 1330. The van der Waals surface area contributed by atoms with E-state index in [-0.39, 0.29) is 11.4 Å². The number of amides is 1. The van der Waals surface area contributed by atoms with E-state index in [0.717, 1.165) is 16.8 Å². The average Bonchev–Trinajstić information content (AvgIpc) is 3.08. The maximum atomic E-state index is 13.2. The molecule has 1 aliphatic rings. The minimum Gasteiger partial charge on any atom is -0.318 e. The van der Waals surface area contributed by atoms with Crippen molar-refractivity contribution in [2.75, 3.05) is 13.1 Å². The number of hydrogen-bond donors (Lipinski definition) is 0. The summed E-state index contributed by atoms with van der Waals surface area (Å²) in [6.07, 6.45) is 1.07. The molecule has 4 rings (SSSR count). The van der Waals surface area contributed by atoms with Crippen molar-refractivity contribution in [1.82, 2.24) is 8.87 Å². The van der Waals surface area contributed by atoms with Crippen molar-refractivity contribution in [3.8, 4) is 0 Å². The van der Waals surface area contributed by atoms with Crippen LogP contribution in [0.4, 0.5) is 4.39 Å². The third-order valence-electron chi connectivity index (χ3n) is 5.24. The Balaban J connectivity index is 1.62. The average molecular weight is 502 g/mol. The van der Waals surface area contributed by atoms with Crippen LogP contribution in [0.15, 0.2) is 46.3 Å². The van der Waals surface area contributed by atoms with E-state index in [9.17, 15) is 17.6 Å². The number of halogens is 3. The largest absolute Gasteiger partial charge is 0.318 e. The van der Waals surface area contributed by atoms with Gasteiger partial charge in [-0.2, -0.15) is 9.30 Å². The van der Waals surface area contributed by atoms with Crippen LogP contribution in [-0.2, 0) is 21.9 Å². The number of carbonyl (C=O) groups is 1. The topological polar surface area (TPSA) is 71.7 Å². The second-order valence-electron chi connectivity index (χ2n) is 7.26. The summed E-state index contributed by atoms with van der Waals surface area (Å²) in [6, 6.07) is 8.03. The zero-order valence-electron chi connectivity index (χ0n) is 16.4. The van der Waals surface area contributed by atoms with Crippen LogP contribution in [-0.4, -0.2) is 36.3 Å². The lowest BCUT2D eigenvalue weighted by Gasteiger charge is -2.30. The van der Waals surface area contributed by atoms with E-state index in [1.54, 1.807) is 23.7 Å². The molecule has 2 heterocycles. The summed E-state index contributed by atoms with van der Waals surface area (Å²) >= 11 is 13.8. The molecule has 1 fully saturated rings. The van der Waals surface area contributed by atoms with Gasteiger partial charge in [-0.1, -0.05) is 34.5 Å². The van der Waals surface area contributed by atoms with Gasteiger partial charge < -0.3 is 4.57 Å². The normalized spacial score (nSPS) is 18.6. The van der Waals surface area contributed by atoms with Crippen LogP contribution in [0.3, 0.4) is 0 Å². The molecule has 2 aromatic carbocycles. The third kappa shape index (κ3) is 4.29. The van der Waals surface area contributed by atoms with Crippen molar-refractivity contribution in [3.05, 3.63) is 57.1 Å². The molecule has 0 radical (unpaired) electrons. The minimum atomic E-state index is -3.82. The standard InChI is InChI=1S/C20H18Cl2FN3O3S2/c1-25-17-15(21)8-9-16(22)18(17)30-20(25)24-19(27)12-3-2-10-26(11-12)31(28,29)14-6-4-13(23)5-7-14/h4-9,12H,2-3,10-11H2,1H3. The zero-order chi connectivity index (χ0) is 22.3. The van der Waals surface area contributed by atoms with E-state index >= 15 is 0 Å². The molecule has 1 aliphatic heterocycles. The summed E-state index contributed by atoms with van der Waals surface area (Å²) in [5, 5.41) is 1.02. The van der Waals surface area contributed by atoms with E-state index in [0.29, 0.717) is 39.7 Å². The van der Waals surface area contributed by atoms with Crippen molar-refractivity contribution >= 4 is 60.7 Å². The van der Waals surface area contributed by atoms with Gasteiger partial charge >= 0.3 is 0 Å². The number of hydrogen-bond acceptors (Lipinski definition) is 4. The molecule has 6 nitrogen and oxygen atoms in total. The van der Waals surface area contributed by atoms with Crippen molar-refractivity contribution < 1.29 is 17.6 Å². The predicted octanol–water partition coefficient (Wildman–Crippen LogP) is 4.21. The second-order valence-corrected chi connectivity index (χ2v) is 11.0. The quantitative estimate of drug-likeness (QED) is 0.539. The fraction of sp³-hybridized carbons (Fsp3) is 0.300. The molecule has 1 aromatic heterocycles. The number of fused-ring (bicyclic) bond motifs is 1. The first-order valence-corrected chi connectivity index (χ1v) is 12.5. The number of nitrogens with zero attached hydrogens (tertiary/aromatic N) is 3. The van der Waals surface area contributed by atoms with Gasteiger partial charge in [0, 0.05) is 20.1 Å². The summed E-state index contributed by atoms with van der Waals surface area (Å²) in [5.41, 5.74) is 0.690. The van der Waals surface area contributed by atoms with Crippen molar-refractivity contribution in [2.45, 2.75) is 17.7 Å². The van der Waals surface area contributed by atoms with Crippen molar-refractivity contribution in [3.63, 3.8) is 0 Å². The highest BCUT2D eigenvalue weighted by molar-refractivity contribution is 7.89. The van der Waals surface area contributed by atoms with Gasteiger partial charge in [-0.05, 0) is 49.2 Å². The molecule has 1 amide bonds. The number of sulfonamides is 1. The van der Waals surface area contributed by atoms with Crippen LogP contribution in [0.25, 0.3) is 10.2 Å². The molecule has 164 valence electrons. The van der Waals surface area contributed by atoms with Gasteiger partial charge in [0.2, 0.25) is 10.0 Å². The number of rotatable bonds is 3. The summed E-state index contributed by atoms with van der Waals surface area (Å²) in [5.74, 6) is -1.48. The first-order valence-electron chi connectivity index (χ1n) is 9.46. The van der Waals surface area contributed by atoms with Crippen LogP contribution < -0.4 is 4.80 Å². The molecule has 0 aliphatic carbocycles. The number of benzene rings is 2. The van der Waals surface area contributed by atoms with Crippen LogP contribution in [0.2, 0.25) is 10.0 Å². The van der Waals surface area contributed by atoms with Gasteiger partial charge in [0.1, 0.15) is 5.82 Å². The third-order valence-corrected chi connectivity index (χ3v) is 9.02. The lowest BCUT2D eigenvalue weighted by atomic mass is 9.99. The van der Waals surface area contributed by atoms with E-state index in [2.05, 4.69) is 4.99 Å². The van der Waals surface area contributed by atoms with Crippen LogP contribution in [0, 0.1) is 11.7 Å². The van der Waals surface area contributed by atoms with Crippen molar-refractivity contribution in [1.29, 1.82) is 0 Å². The van der Waals surface area contributed by atoms with Crippen molar-refractivity contribution in [2.24, 2.45) is 18.0 Å². The molecule has 1 atom stereocenters. The van der Waals surface area contributed by atoms with Gasteiger partial charge in [0.05, 0.1) is 31.1 Å². The summed E-state index contributed by atoms with van der Waals surface area (Å²) in [6.45, 7) is 0.323. The second kappa shape index (κ2) is 8.63. The molecular weight excluding hydrogens is 484 g/mol. The highest BCUT2D eigenvalue weighted by Crippen LogP contribution is 2.31. The van der Waals surface area contributed by atoms with Crippen LogP contribution in [0.5, 0.6) is 0 Å². The molecule has 31 heavy (non-hydrogen) atoms. The van der Waals surface area contributed by atoms with Gasteiger partial charge in [-0.15, -0.1) is 0 Å². The first-order chi connectivity index (χ1) is 14.7. The van der Waals surface area contributed by atoms with Gasteiger partial charge in [0.25, 0.3) is 5.91 Å². The lowest BCUT2D eigenvalue weighted by molar-refractivity contribution is -0.122. The smallest absolute Gasteiger partial charge is 0.252 e. The van der Waals surface area contributed by atoms with Gasteiger partial charge in [-0.25, -0.2) is 12.8 Å². The lowest BCUT2D eigenvalue weighted by Crippen LogP contribution is -2.42. The molecule has 0 saturated carbocycles. The van der Waals surface area contributed by atoms with E-state index < -0.39 is 27.7 Å². The number of aryl methyl sites for hydroxylation is 1. The van der Waals surface area contributed by atoms with E-state index in [1.807, 2.05) is 0 Å². The summed E-state index contributed by atoms with van der Waals surface area (Å²) < 4.78 is 42.7. The van der Waals surface area contributed by atoms with Crippen LogP contribution in [0.1, 0.15) is 12.8 Å². The zero-order valence-corrected chi connectivity index (χ0v) is 19.5. The molecule has 11 heteroatoms. The Hall–Kier alpha value is -1.78. The highest BCUT2D eigenvalue weighted by Gasteiger charge is 2.33. The van der Waals surface area contributed by atoms with E-state index in [1.165, 1.54) is 27.8 Å². The molecule has 0 spiro atoms. The Morgan fingerprint density at radius 1 is 1.16 bits per heavy atom. The number of carbonyl (C=O) groups excluding carboxylic acids is 1. The maximum absolute atomic E-state index is 13.2. The molecular formula is C20H18Cl2FN3O3S2. The fourth-order valence-electron chi connectivity index (χ4n) is 3.59. The maximum Gasteiger partial charge on any atom is 0.252 e. The Labute approximate surface area is 192 Å². The summed E-state index contributed by atoms with van der Waals surface area (Å²) in [7, 11) is -2.07. The fourth-order valence-corrected chi connectivity index (χ4v) is 6.78. The number of thiazole rings is 1. The monoisotopic (exact) mass is 501 g/mol.